The number of hydrogen-bond acceptors (Lipinski definition) is 4. The van der Waals surface area contributed by atoms with Crippen LogP contribution in [0, 0.1) is 6.57 Å². The number of nitrogens with zero attached hydrogens (tertiary/aromatic N) is 2. The maximum Gasteiger partial charge on any atom is 0.413 e. The number of carbonyl (C=O) groups is 2. The maximum atomic E-state index is 12.4. The monoisotopic (exact) mass is 348 g/mol. The molecule has 4 rings (SSSR count). The van der Waals surface area contributed by atoms with E-state index in [1.807, 2.05) is 36.4 Å². The third-order valence-corrected chi connectivity index (χ3v) is 4.83. The van der Waals surface area contributed by atoms with Crippen LogP contribution >= 0.6 is 0 Å². The quantitative estimate of drug-likeness (QED) is 0.632. The summed E-state index contributed by atoms with van der Waals surface area (Å²) in [6.07, 6.45) is -0.633. The summed E-state index contributed by atoms with van der Waals surface area (Å²) >= 11 is 0. The van der Waals surface area contributed by atoms with E-state index in [2.05, 4.69) is 17.0 Å². The van der Waals surface area contributed by atoms with Crippen LogP contribution in [0.25, 0.3) is 16.0 Å². The van der Waals surface area contributed by atoms with Crippen molar-refractivity contribution in [3.8, 4) is 11.1 Å². The molecular weight excluding hydrogens is 332 g/mol. The molecule has 1 saturated heterocycles. The lowest BCUT2D eigenvalue weighted by molar-refractivity contribution is -0.138. The van der Waals surface area contributed by atoms with Gasteiger partial charge in [0.2, 0.25) is 12.6 Å². The minimum absolute atomic E-state index is 0.0510. The summed E-state index contributed by atoms with van der Waals surface area (Å²) < 4.78 is 10.4. The first-order chi connectivity index (χ1) is 12.7. The molecule has 1 aliphatic carbocycles. The van der Waals surface area contributed by atoms with Crippen LogP contribution in [0.15, 0.2) is 48.5 Å². The lowest BCUT2D eigenvalue weighted by Crippen LogP contribution is -2.40. The lowest BCUT2D eigenvalue weighted by atomic mass is 9.98. The normalized spacial score (nSPS) is 18.0. The lowest BCUT2D eigenvalue weighted by Gasteiger charge is -2.19. The van der Waals surface area contributed by atoms with Crippen molar-refractivity contribution in [2.75, 3.05) is 19.9 Å². The Morgan fingerprint density at radius 2 is 1.77 bits per heavy atom. The molecule has 1 amide bonds. The van der Waals surface area contributed by atoms with E-state index >= 15 is 0 Å². The van der Waals surface area contributed by atoms with Crippen molar-refractivity contribution in [3.05, 3.63) is 71.1 Å². The fourth-order valence-corrected chi connectivity index (χ4v) is 3.56. The molecule has 2 aromatic rings. The summed E-state index contributed by atoms with van der Waals surface area (Å²) in [6.45, 7) is 6.80. The van der Waals surface area contributed by atoms with E-state index in [1.165, 1.54) is 4.90 Å². The van der Waals surface area contributed by atoms with Crippen LogP contribution in [0.2, 0.25) is 0 Å². The Bertz CT molecular complexity index is 873. The Morgan fingerprint density at radius 3 is 2.38 bits per heavy atom. The SMILES string of the molecule is [C-]#[N+]C[C@H]1C(=O)OCN1C(=O)OCC1c2ccccc2-c2ccccc21. The predicted molar refractivity (Wildman–Crippen MR) is 93.1 cm³/mol. The van der Waals surface area contributed by atoms with Crippen molar-refractivity contribution >= 4 is 12.1 Å². The number of cyclic esters (lactones) is 1. The summed E-state index contributed by atoms with van der Waals surface area (Å²) in [5.41, 5.74) is 4.53. The van der Waals surface area contributed by atoms with E-state index in [9.17, 15) is 9.59 Å². The van der Waals surface area contributed by atoms with Gasteiger partial charge in [0, 0.05) is 5.92 Å². The third kappa shape index (κ3) is 2.58. The van der Waals surface area contributed by atoms with E-state index in [0.29, 0.717) is 0 Å². The zero-order valence-electron chi connectivity index (χ0n) is 13.9. The zero-order chi connectivity index (χ0) is 18.1. The molecule has 0 aromatic heterocycles. The molecule has 1 atom stereocenters. The van der Waals surface area contributed by atoms with Gasteiger partial charge in [-0.1, -0.05) is 48.5 Å². The Morgan fingerprint density at radius 1 is 1.15 bits per heavy atom. The third-order valence-electron chi connectivity index (χ3n) is 4.83. The fraction of sp³-hybridized carbons (Fsp3) is 0.250. The standard InChI is InChI=1S/C20H16N2O4/c1-21-10-18-19(23)26-12-22(18)20(24)25-11-17-15-8-4-2-6-13(15)14-7-3-5-9-16(14)17/h2-9,17-18H,10-12H2/t18-/m0/s1. The van der Waals surface area contributed by atoms with Gasteiger partial charge in [-0.25, -0.2) is 16.2 Å². The van der Waals surface area contributed by atoms with Crippen LogP contribution in [0.1, 0.15) is 17.0 Å². The first-order valence-corrected chi connectivity index (χ1v) is 8.32. The molecule has 0 saturated carbocycles. The predicted octanol–water partition coefficient (Wildman–Crippen LogP) is 3.04. The highest BCUT2D eigenvalue weighted by molar-refractivity contribution is 5.84. The smallest absolute Gasteiger partial charge is 0.413 e. The highest BCUT2D eigenvalue weighted by Gasteiger charge is 2.41. The molecule has 1 aliphatic heterocycles. The van der Waals surface area contributed by atoms with E-state index in [0.717, 1.165) is 22.3 Å². The Balaban J connectivity index is 1.53. The van der Waals surface area contributed by atoms with Crippen LogP contribution in [0.3, 0.4) is 0 Å². The van der Waals surface area contributed by atoms with Gasteiger partial charge in [-0.2, -0.15) is 0 Å². The number of amides is 1. The molecule has 26 heavy (non-hydrogen) atoms. The van der Waals surface area contributed by atoms with Crippen LogP contribution in [-0.2, 0) is 14.3 Å². The zero-order valence-corrected chi connectivity index (χ0v) is 13.9. The first kappa shape index (κ1) is 16.2. The average molecular weight is 348 g/mol. The highest BCUT2D eigenvalue weighted by Crippen LogP contribution is 2.44. The van der Waals surface area contributed by atoms with Crippen molar-refractivity contribution < 1.29 is 19.1 Å². The van der Waals surface area contributed by atoms with Crippen molar-refractivity contribution in [1.82, 2.24) is 4.90 Å². The second kappa shape index (κ2) is 6.52. The molecule has 6 nitrogen and oxygen atoms in total. The average Bonchev–Trinajstić information content (AvgIpc) is 3.19. The van der Waals surface area contributed by atoms with Gasteiger partial charge in [0.25, 0.3) is 0 Å². The number of hydrogen-bond donors (Lipinski definition) is 0. The van der Waals surface area contributed by atoms with E-state index < -0.39 is 18.1 Å². The van der Waals surface area contributed by atoms with Crippen molar-refractivity contribution in [1.29, 1.82) is 0 Å². The Labute approximate surface area is 150 Å². The van der Waals surface area contributed by atoms with Gasteiger partial charge in [0.15, 0.2) is 6.73 Å². The van der Waals surface area contributed by atoms with Gasteiger partial charge in [-0.15, -0.1) is 0 Å². The van der Waals surface area contributed by atoms with Gasteiger partial charge in [-0.05, 0) is 22.3 Å². The maximum absolute atomic E-state index is 12.4. The number of benzene rings is 2. The largest absolute Gasteiger partial charge is 0.448 e. The number of fused-ring (bicyclic) bond motifs is 3. The minimum Gasteiger partial charge on any atom is -0.448 e. The first-order valence-electron chi connectivity index (χ1n) is 8.32. The molecule has 1 heterocycles. The van der Waals surface area contributed by atoms with Crippen molar-refractivity contribution in [2.24, 2.45) is 0 Å². The van der Waals surface area contributed by atoms with E-state index in [1.54, 1.807) is 0 Å². The molecule has 0 radical (unpaired) electrons. The molecule has 2 aromatic carbocycles. The molecule has 6 heteroatoms. The van der Waals surface area contributed by atoms with Gasteiger partial charge >= 0.3 is 12.1 Å². The summed E-state index contributed by atoms with van der Waals surface area (Å²) in [7, 11) is 0. The molecular formula is C20H16N2O4. The topological polar surface area (TPSA) is 60.2 Å². The number of esters is 1. The molecule has 0 N–H and O–H groups in total. The molecule has 0 unspecified atom stereocenters. The number of ether oxygens (including phenoxy) is 2. The summed E-state index contributed by atoms with van der Waals surface area (Å²) in [6, 6.07) is 15.2. The number of rotatable bonds is 3. The van der Waals surface area contributed by atoms with Gasteiger partial charge in [0.1, 0.15) is 6.61 Å². The van der Waals surface area contributed by atoms with Crippen LogP contribution in [0.5, 0.6) is 0 Å². The molecule has 130 valence electrons. The fourth-order valence-electron chi connectivity index (χ4n) is 3.56. The summed E-state index contributed by atoms with van der Waals surface area (Å²) in [5, 5.41) is 0. The van der Waals surface area contributed by atoms with Crippen molar-refractivity contribution in [2.45, 2.75) is 12.0 Å². The van der Waals surface area contributed by atoms with E-state index in [4.69, 9.17) is 16.0 Å². The van der Waals surface area contributed by atoms with Gasteiger partial charge in [-0.3, -0.25) is 4.90 Å². The second-order valence-corrected chi connectivity index (χ2v) is 6.22. The highest BCUT2D eigenvalue weighted by atomic mass is 16.6. The minimum atomic E-state index is -0.886. The molecule has 0 bridgehead atoms. The van der Waals surface area contributed by atoms with Gasteiger partial charge in [0.05, 0.1) is 0 Å². The van der Waals surface area contributed by atoms with Crippen LogP contribution < -0.4 is 0 Å². The van der Waals surface area contributed by atoms with Crippen molar-refractivity contribution in [3.63, 3.8) is 0 Å². The van der Waals surface area contributed by atoms with Crippen LogP contribution in [0.4, 0.5) is 4.79 Å². The van der Waals surface area contributed by atoms with Gasteiger partial charge < -0.3 is 14.3 Å². The Kier molecular flexibility index (Phi) is 4.05. The van der Waals surface area contributed by atoms with E-state index in [-0.39, 0.29) is 25.8 Å². The summed E-state index contributed by atoms with van der Waals surface area (Å²) in [5.74, 6) is -0.612. The molecule has 1 fully saturated rings. The molecule has 0 spiro atoms. The summed E-state index contributed by atoms with van der Waals surface area (Å²) in [4.78, 5) is 28.4. The second-order valence-electron chi connectivity index (χ2n) is 6.22. The Hall–Kier alpha value is -3.33. The number of carbonyl (C=O) groups excluding carboxylic acids is 2. The van der Waals surface area contributed by atoms with Crippen LogP contribution in [-0.4, -0.2) is 42.9 Å². The molecule has 2 aliphatic rings.